The first-order valence-electron chi connectivity index (χ1n) is 12.1. The molecule has 0 radical (unpaired) electrons. The number of nitrogens with two attached hydrogens (primary N) is 1. The van der Waals surface area contributed by atoms with Crippen molar-refractivity contribution in [2.45, 2.75) is 69.3 Å². The van der Waals surface area contributed by atoms with Gasteiger partial charge in [0, 0.05) is 26.1 Å². The van der Waals surface area contributed by atoms with E-state index in [1.54, 1.807) is 0 Å². The van der Waals surface area contributed by atoms with E-state index in [1.165, 1.54) is 21.6 Å². The van der Waals surface area contributed by atoms with Gasteiger partial charge in [-0.3, -0.25) is 28.8 Å². The Labute approximate surface area is 208 Å². The predicted molar refractivity (Wildman–Crippen MR) is 123 cm³/mol. The number of aliphatic carboxylic acids is 1. The van der Waals surface area contributed by atoms with Gasteiger partial charge in [0.25, 0.3) is 0 Å². The SMILES string of the molecule is C[C@H](NC(=O)[C@@H]1CCCN1C(=O)CNC(=O)[C@@H]1C[C@@H](O)CN1C(=O)[C@@H]1CCCN1C(=O)CN)C(=O)O. The first-order chi connectivity index (χ1) is 17.0. The second kappa shape index (κ2) is 11.6. The first kappa shape index (κ1) is 27.3. The molecule has 0 aliphatic carbocycles. The van der Waals surface area contributed by atoms with E-state index in [1.807, 2.05) is 0 Å². The number of carboxylic acids is 1. The number of β-amino-alcohol motifs (C(OH)–C–C–N with tert-alkyl or cyclic N) is 1. The fraction of sp³-hybridized carbons (Fsp3) is 0.727. The van der Waals surface area contributed by atoms with Crippen LogP contribution in [0.15, 0.2) is 0 Å². The van der Waals surface area contributed by atoms with Crippen molar-refractivity contribution in [2.24, 2.45) is 5.73 Å². The minimum Gasteiger partial charge on any atom is -0.480 e. The highest BCUT2D eigenvalue weighted by Crippen LogP contribution is 2.25. The van der Waals surface area contributed by atoms with Crippen molar-refractivity contribution >= 4 is 35.5 Å². The summed E-state index contributed by atoms with van der Waals surface area (Å²) in [4.78, 5) is 78.3. The number of likely N-dealkylation sites (tertiary alicyclic amines) is 3. The Balaban J connectivity index is 1.59. The Morgan fingerprint density at radius 3 is 2.14 bits per heavy atom. The molecule has 3 aliphatic rings. The fourth-order valence-electron chi connectivity index (χ4n) is 5.03. The molecule has 0 aromatic heterocycles. The van der Waals surface area contributed by atoms with Crippen LogP contribution in [0.5, 0.6) is 0 Å². The van der Waals surface area contributed by atoms with E-state index in [9.17, 15) is 33.9 Å². The third-order valence-electron chi connectivity index (χ3n) is 6.92. The number of carboxylic acid groups (broad SMARTS) is 1. The molecule has 6 N–H and O–H groups in total. The molecule has 0 bridgehead atoms. The third-order valence-corrected chi connectivity index (χ3v) is 6.92. The van der Waals surface area contributed by atoms with Gasteiger partial charge in [0.15, 0.2) is 0 Å². The van der Waals surface area contributed by atoms with Gasteiger partial charge in [-0.25, -0.2) is 0 Å². The molecule has 36 heavy (non-hydrogen) atoms. The van der Waals surface area contributed by atoms with Gasteiger partial charge in [-0.15, -0.1) is 0 Å². The molecule has 0 aromatic carbocycles. The Morgan fingerprint density at radius 2 is 1.53 bits per heavy atom. The summed E-state index contributed by atoms with van der Waals surface area (Å²) in [5, 5.41) is 24.0. The van der Waals surface area contributed by atoms with Crippen LogP contribution in [0.4, 0.5) is 0 Å². The van der Waals surface area contributed by atoms with Crippen LogP contribution >= 0.6 is 0 Å². The van der Waals surface area contributed by atoms with Crippen molar-refractivity contribution in [3.8, 4) is 0 Å². The molecule has 200 valence electrons. The van der Waals surface area contributed by atoms with Gasteiger partial charge < -0.3 is 41.3 Å². The van der Waals surface area contributed by atoms with Crippen molar-refractivity contribution in [2.75, 3.05) is 32.7 Å². The van der Waals surface area contributed by atoms with Crippen molar-refractivity contribution in [3.63, 3.8) is 0 Å². The lowest BCUT2D eigenvalue weighted by Gasteiger charge is -2.31. The molecule has 0 aromatic rings. The molecule has 5 amide bonds. The minimum atomic E-state index is -1.20. The summed E-state index contributed by atoms with van der Waals surface area (Å²) in [6, 6.07) is -3.70. The summed E-state index contributed by atoms with van der Waals surface area (Å²) < 4.78 is 0. The smallest absolute Gasteiger partial charge is 0.325 e. The standard InChI is InChI=1S/C22H34N6O8/c1-12(22(35)36)25-20(33)14-4-2-6-26(14)18(31)10-24-19(32)16-8-13(29)11-28(16)21(34)15-5-3-7-27(15)17(30)9-23/h12-16,29H,2-11,23H2,1H3,(H,24,32)(H,25,33)(H,35,36)/t12-,13+,14-,15-,16-/m0/s1. The van der Waals surface area contributed by atoms with Gasteiger partial charge in [0.05, 0.1) is 19.2 Å². The van der Waals surface area contributed by atoms with E-state index in [4.69, 9.17) is 10.8 Å². The molecule has 3 saturated heterocycles. The maximum absolute atomic E-state index is 13.2. The van der Waals surface area contributed by atoms with Gasteiger partial charge in [0.1, 0.15) is 24.2 Å². The van der Waals surface area contributed by atoms with E-state index >= 15 is 0 Å². The number of nitrogens with one attached hydrogen (secondary N) is 2. The topological polar surface area (TPSA) is 203 Å². The second-order valence-electron chi connectivity index (χ2n) is 9.38. The molecule has 14 heteroatoms. The number of nitrogens with zero attached hydrogens (tertiary/aromatic N) is 3. The maximum Gasteiger partial charge on any atom is 0.325 e. The van der Waals surface area contributed by atoms with Crippen molar-refractivity contribution in [1.29, 1.82) is 0 Å². The molecule has 3 aliphatic heterocycles. The zero-order chi connectivity index (χ0) is 26.6. The highest BCUT2D eigenvalue weighted by Gasteiger charge is 2.44. The quantitative estimate of drug-likeness (QED) is 0.220. The van der Waals surface area contributed by atoms with Crippen molar-refractivity contribution < 1.29 is 39.0 Å². The molecule has 3 rings (SSSR count). The average molecular weight is 511 g/mol. The van der Waals surface area contributed by atoms with Gasteiger partial charge in [-0.05, 0) is 32.6 Å². The average Bonchev–Trinajstić information content (AvgIpc) is 3.60. The number of carbonyl (C=O) groups excluding carboxylic acids is 5. The number of rotatable bonds is 8. The highest BCUT2D eigenvalue weighted by atomic mass is 16.4. The van der Waals surface area contributed by atoms with Crippen LogP contribution in [0.2, 0.25) is 0 Å². The zero-order valence-corrected chi connectivity index (χ0v) is 20.2. The number of amides is 5. The molecule has 3 heterocycles. The number of aliphatic hydroxyl groups is 1. The molecular weight excluding hydrogens is 476 g/mol. The monoisotopic (exact) mass is 510 g/mol. The highest BCUT2D eigenvalue weighted by molar-refractivity contribution is 5.95. The Bertz CT molecular complexity index is 913. The second-order valence-corrected chi connectivity index (χ2v) is 9.38. The lowest BCUT2D eigenvalue weighted by molar-refractivity contribution is -0.146. The Morgan fingerprint density at radius 1 is 0.917 bits per heavy atom. The Hall–Kier alpha value is -3.26. The normalized spacial score (nSPS) is 26.6. The summed E-state index contributed by atoms with van der Waals surface area (Å²) in [7, 11) is 0. The van der Waals surface area contributed by atoms with Gasteiger partial charge in [-0.2, -0.15) is 0 Å². The molecular formula is C22H34N6O8. The predicted octanol–water partition coefficient (Wildman–Crippen LogP) is -3.41. The lowest BCUT2D eigenvalue weighted by atomic mass is 10.1. The molecule has 14 nitrogen and oxygen atoms in total. The van der Waals surface area contributed by atoms with Gasteiger partial charge in [-0.1, -0.05) is 0 Å². The van der Waals surface area contributed by atoms with Crippen LogP contribution in [-0.4, -0.2) is 123 Å². The van der Waals surface area contributed by atoms with Crippen molar-refractivity contribution in [1.82, 2.24) is 25.3 Å². The lowest BCUT2D eigenvalue weighted by Crippen LogP contribution is -2.55. The van der Waals surface area contributed by atoms with E-state index < -0.39 is 66.4 Å². The summed E-state index contributed by atoms with van der Waals surface area (Å²) >= 11 is 0. The molecule has 0 unspecified atom stereocenters. The number of aliphatic hydroxyl groups excluding tert-OH is 1. The molecule has 5 atom stereocenters. The Kier molecular flexibility index (Phi) is 8.84. The zero-order valence-electron chi connectivity index (χ0n) is 20.2. The van der Waals surface area contributed by atoms with Crippen molar-refractivity contribution in [3.05, 3.63) is 0 Å². The number of hydrogen-bond donors (Lipinski definition) is 5. The largest absolute Gasteiger partial charge is 0.480 e. The maximum atomic E-state index is 13.2. The van der Waals surface area contributed by atoms with Crippen LogP contribution in [0.1, 0.15) is 39.0 Å². The van der Waals surface area contributed by atoms with Gasteiger partial charge in [0.2, 0.25) is 29.5 Å². The van der Waals surface area contributed by atoms with E-state index in [-0.39, 0.29) is 32.0 Å². The third kappa shape index (κ3) is 5.93. The van der Waals surface area contributed by atoms with Crippen LogP contribution in [0.25, 0.3) is 0 Å². The van der Waals surface area contributed by atoms with E-state index in [2.05, 4.69) is 10.6 Å². The van der Waals surface area contributed by atoms with Crippen LogP contribution in [0.3, 0.4) is 0 Å². The summed E-state index contributed by atoms with van der Waals surface area (Å²) in [5.74, 6) is -3.72. The van der Waals surface area contributed by atoms with Gasteiger partial charge >= 0.3 is 5.97 Å². The summed E-state index contributed by atoms with van der Waals surface area (Å²) in [5.41, 5.74) is 5.44. The molecule has 3 fully saturated rings. The fourth-order valence-corrected chi connectivity index (χ4v) is 5.03. The first-order valence-corrected chi connectivity index (χ1v) is 12.1. The van der Waals surface area contributed by atoms with Crippen LogP contribution in [-0.2, 0) is 28.8 Å². The molecule has 0 saturated carbocycles. The number of carbonyl (C=O) groups is 6. The van der Waals surface area contributed by atoms with Crippen LogP contribution < -0.4 is 16.4 Å². The molecule has 0 spiro atoms. The summed E-state index contributed by atoms with van der Waals surface area (Å²) in [6.45, 7) is 1.28. The summed E-state index contributed by atoms with van der Waals surface area (Å²) in [6.07, 6.45) is 1.04. The van der Waals surface area contributed by atoms with Crippen LogP contribution in [0, 0.1) is 0 Å². The number of hydrogen-bond acceptors (Lipinski definition) is 8. The minimum absolute atomic E-state index is 0.00879. The van der Waals surface area contributed by atoms with E-state index in [0.29, 0.717) is 32.2 Å². The van der Waals surface area contributed by atoms with E-state index in [0.717, 1.165) is 0 Å².